The van der Waals surface area contributed by atoms with E-state index in [2.05, 4.69) is 10.5 Å². The van der Waals surface area contributed by atoms with E-state index in [1.807, 2.05) is 63.2 Å². The first-order chi connectivity index (χ1) is 11.0. The lowest BCUT2D eigenvalue weighted by Crippen LogP contribution is -2.12. The monoisotopic (exact) mass is 306 g/mol. The van der Waals surface area contributed by atoms with Gasteiger partial charge in [-0.1, -0.05) is 53.2 Å². The van der Waals surface area contributed by atoms with Crippen LogP contribution >= 0.6 is 0 Å². The van der Waals surface area contributed by atoms with Crippen molar-refractivity contribution in [3.05, 3.63) is 71.0 Å². The molecule has 4 nitrogen and oxygen atoms in total. The Morgan fingerprint density at radius 2 is 1.65 bits per heavy atom. The van der Waals surface area contributed by atoms with E-state index in [1.54, 1.807) is 6.07 Å². The number of hydrogen-bond acceptors (Lipinski definition) is 3. The molecule has 0 bridgehead atoms. The summed E-state index contributed by atoms with van der Waals surface area (Å²) in [5.74, 6) is -0.100. The van der Waals surface area contributed by atoms with Crippen molar-refractivity contribution in [2.45, 2.75) is 20.8 Å². The van der Waals surface area contributed by atoms with Crippen LogP contribution in [0.1, 0.15) is 27.2 Å². The fraction of sp³-hybridized carbons (Fsp3) is 0.158. The first-order valence-electron chi connectivity index (χ1n) is 7.46. The molecule has 116 valence electrons. The van der Waals surface area contributed by atoms with Gasteiger partial charge in [0, 0.05) is 17.3 Å². The van der Waals surface area contributed by atoms with Gasteiger partial charge in [0.05, 0.1) is 0 Å². The van der Waals surface area contributed by atoms with Crippen molar-refractivity contribution < 1.29 is 9.32 Å². The number of benzene rings is 2. The largest absolute Gasteiger partial charge is 0.350 e. The van der Waals surface area contributed by atoms with Crippen LogP contribution in [-0.4, -0.2) is 11.1 Å². The van der Waals surface area contributed by atoms with Crippen molar-refractivity contribution >= 4 is 11.6 Å². The summed E-state index contributed by atoms with van der Waals surface area (Å²) >= 11 is 0. The third kappa shape index (κ3) is 3.16. The lowest BCUT2D eigenvalue weighted by Gasteiger charge is -2.09. The van der Waals surface area contributed by atoms with E-state index in [-0.39, 0.29) is 11.7 Å². The van der Waals surface area contributed by atoms with Crippen molar-refractivity contribution in [3.8, 4) is 11.3 Å². The van der Waals surface area contributed by atoms with Crippen LogP contribution in [-0.2, 0) is 0 Å². The second kappa shape index (κ2) is 6.08. The number of amides is 1. The molecule has 0 fully saturated rings. The van der Waals surface area contributed by atoms with Crippen molar-refractivity contribution in [3.63, 3.8) is 0 Å². The summed E-state index contributed by atoms with van der Waals surface area (Å²) < 4.78 is 5.20. The number of aromatic nitrogens is 1. The molecule has 23 heavy (non-hydrogen) atoms. The van der Waals surface area contributed by atoms with E-state index >= 15 is 0 Å². The minimum absolute atomic E-state index is 0.197. The van der Waals surface area contributed by atoms with Crippen molar-refractivity contribution in [2.24, 2.45) is 0 Å². The molecular weight excluding hydrogens is 288 g/mol. The Kier molecular flexibility index (Phi) is 3.98. The normalized spacial score (nSPS) is 10.6. The van der Waals surface area contributed by atoms with Crippen LogP contribution in [0.25, 0.3) is 11.3 Å². The number of para-hydroxylation sites is 1. The van der Waals surface area contributed by atoms with Gasteiger partial charge in [-0.05, 0) is 31.9 Å². The summed E-state index contributed by atoms with van der Waals surface area (Å²) in [5, 5.41) is 6.88. The number of carbonyl (C=O) groups excluding carboxylic acids is 1. The molecule has 0 radical (unpaired) electrons. The third-order valence-electron chi connectivity index (χ3n) is 3.80. The summed E-state index contributed by atoms with van der Waals surface area (Å²) in [6, 6.07) is 15.5. The Balaban J connectivity index is 1.83. The lowest BCUT2D eigenvalue weighted by atomic mass is 10.1. The highest BCUT2D eigenvalue weighted by Crippen LogP contribution is 2.23. The average molecular weight is 306 g/mol. The Morgan fingerprint density at radius 1 is 1.00 bits per heavy atom. The maximum Gasteiger partial charge on any atom is 0.294 e. The zero-order valence-corrected chi connectivity index (χ0v) is 13.4. The maximum absolute atomic E-state index is 12.4. The number of nitrogens with one attached hydrogen (secondary N) is 1. The van der Waals surface area contributed by atoms with E-state index < -0.39 is 0 Å². The second-order valence-electron chi connectivity index (χ2n) is 5.66. The van der Waals surface area contributed by atoms with E-state index in [4.69, 9.17) is 4.52 Å². The number of aryl methyl sites for hydroxylation is 3. The average Bonchev–Trinajstić information content (AvgIpc) is 3.02. The van der Waals surface area contributed by atoms with E-state index in [0.29, 0.717) is 5.69 Å². The van der Waals surface area contributed by atoms with Gasteiger partial charge in [0.1, 0.15) is 5.69 Å². The van der Waals surface area contributed by atoms with Gasteiger partial charge >= 0.3 is 0 Å². The van der Waals surface area contributed by atoms with Crippen LogP contribution in [0.5, 0.6) is 0 Å². The quantitative estimate of drug-likeness (QED) is 0.774. The minimum Gasteiger partial charge on any atom is -0.350 e. The van der Waals surface area contributed by atoms with Gasteiger partial charge < -0.3 is 9.84 Å². The highest BCUT2D eigenvalue weighted by atomic mass is 16.5. The maximum atomic E-state index is 12.4. The fourth-order valence-corrected chi connectivity index (χ4v) is 2.43. The van der Waals surface area contributed by atoms with Crippen molar-refractivity contribution in [2.75, 3.05) is 5.32 Å². The Bertz CT molecular complexity index is 828. The van der Waals surface area contributed by atoms with Gasteiger partial charge in [-0.2, -0.15) is 0 Å². The number of carbonyl (C=O) groups is 1. The molecule has 4 heteroatoms. The first kappa shape index (κ1) is 15.0. The van der Waals surface area contributed by atoms with Crippen LogP contribution in [0, 0.1) is 20.8 Å². The molecule has 1 amide bonds. The van der Waals surface area contributed by atoms with Gasteiger partial charge in [-0.3, -0.25) is 4.79 Å². The number of hydrogen-bond donors (Lipinski definition) is 1. The highest BCUT2D eigenvalue weighted by molar-refractivity contribution is 6.03. The van der Waals surface area contributed by atoms with Crippen LogP contribution in [0.15, 0.2) is 53.1 Å². The predicted octanol–water partition coefficient (Wildman–Crippen LogP) is 4.52. The Hall–Kier alpha value is -2.88. The van der Waals surface area contributed by atoms with Crippen LogP contribution in [0.4, 0.5) is 5.69 Å². The molecule has 2 aromatic carbocycles. The van der Waals surface area contributed by atoms with Crippen molar-refractivity contribution in [1.29, 1.82) is 0 Å². The fourth-order valence-electron chi connectivity index (χ4n) is 2.43. The molecule has 0 aliphatic heterocycles. The summed E-state index contributed by atoms with van der Waals surface area (Å²) in [5.41, 5.74) is 5.58. The number of rotatable bonds is 3. The molecule has 0 saturated carbocycles. The summed E-state index contributed by atoms with van der Waals surface area (Å²) in [6.07, 6.45) is 0. The molecule has 1 aromatic heterocycles. The molecular formula is C19H18N2O2. The SMILES string of the molecule is Cc1ccc(-c2cc(C(=O)Nc3c(C)cccc3C)on2)cc1. The molecule has 3 rings (SSSR count). The molecule has 3 aromatic rings. The smallest absolute Gasteiger partial charge is 0.294 e. The van der Waals surface area contributed by atoms with Crippen LogP contribution in [0.3, 0.4) is 0 Å². The summed E-state index contributed by atoms with van der Waals surface area (Å²) in [7, 11) is 0. The first-order valence-corrected chi connectivity index (χ1v) is 7.46. The van der Waals surface area contributed by atoms with E-state index in [1.165, 1.54) is 5.56 Å². The number of nitrogens with zero attached hydrogens (tertiary/aromatic N) is 1. The van der Waals surface area contributed by atoms with Crippen LogP contribution < -0.4 is 5.32 Å². The van der Waals surface area contributed by atoms with Crippen LogP contribution in [0.2, 0.25) is 0 Å². The third-order valence-corrected chi connectivity index (χ3v) is 3.80. The minimum atomic E-state index is -0.298. The van der Waals surface area contributed by atoms with Gasteiger partial charge in [0.25, 0.3) is 5.91 Å². The second-order valence-corrected chi connectivity index (χ2v) is 5.66. The molecule has 0 atom stereocenters. The molecule has 1 heterocycles. The molecule has 0 saturated heterocycles. The highest BCUT2D eigenvalue weighted by Gasteiger charge is 2.15. The zero-order chi connectivity index (χ0) is 16.4. The number of anilines is 1. The molecule has 0 spiro atoms. The summed E-state index contributed by atoms with van der Waals surface area (Å²) in [6.45, 7) is 5.94. The van der Waals surface area contributed by atoms with Gasteiger partial charge in [-0.25, -0.2) is 0 Å². The Labute approximate surface area is 135 Å². The topological polar surface area (TPSA) is 55.1 Å². The lowest BCUT2D eigenvalue weighted by molar-refractivity contribution is 0.0988. The van der Waals surface area contributed by atoms with Crippen molar-refractivity contribution in [1.82, 2.24) is 5.16 Å². The predicted molar refractivity (Wildman–Crippen MR) is 90.5 cm³/mol. The van der Waals surface area contributed by atoms with E-state index in [0.717, 1.165) is 22.4 Å². The molecule has 0 unspecified atom stereocenters. The molecule has 0 aliphatic rings. The van der Waals surface area contributed by atoms with Gasteiger partial charge in [0.2, 0.25) is 5.76 Å². The Morgan fingerprint density at radius 3 is 2.30 bits per heavy atom. The molecule has 1 N–H and O–H groups in total. The van der Waals surface area contributed by atoms with E-state index in [9.17, 15) is 4.79 Å². The van der Waals surface area contributed by atoms with Gasteiger partial charge in [0.15, 0.2) is 0 Å². The standard InChI is InChI=1S/C19H18N2O2/c1-12-7-9-15(10-8-12)16-11-17(23-21-16)19(22)20-18-13(2)5-4-6-14(18)3/h4-11H,1-3H3,(H,20,22). The van der Waals surface area contributed by atoms with Gasteiger partial charge in [-0.15, -0.1) is 0 Å². The summed E-state index contributed by atoms with van der Waals surface area (Å²) in [4.78, 5) is 12.4. The zero-order valence-electron chi connectivity index (χ0n) is 13.4. The molecule has 0 aliphatic carbocycles.